The predicted molar refractivity (Wildman–Crippen MR) is 109 cm³/mol. The van der Waals surface area contributed by atoms with Gasteiger partial charge in [-0.1, -0.05) is 42.8 Å². The second-order valence-electron chi connectivity index (χ2n) is 6.95. The number of benzene rings is 2. The zero-order valence-electron chi connectivity index (χ0n) is 16.4. The number of nitrogens with zero attached hydrogens (tertiary/aromatic N) is 1. The Bertz CT molecular complexity index is 793. The van der Waals surface area contributed by atoms with E-state index in [0.717, 1.165) is 17.5 Å². The van der Waals surface area contributed by atoms with E-state index in [1.165, 1.54) is 17.0 Å². The lowest BCUT2D eigenvalue weighted by molar-refractivity contribution is -0.140. The largest absolute Gasteiger partial charge is 0.352 e. The molecule has 2 amide bonds. The van der Waals surface area contributed by atoms with Crippen molar-refractivity contribution in [3.63, 3.8) is 0 Å². The average molecular weight is 405 g/mol. The molecule has 150 valence electrons. The quantitative estimate of drug-likeness (QED) is 0.710. The van der Waals surface area contributed by atoms with Gasteiger partial charge in [0.05, 0.1) is 6.42 Å². The smallest absolute Gasteiger partial charge is 0.242 e. The Kier molecular flexibility index (Phi) is 8.00. The van der Waals surface area contributed by atoms with Crippen molar-refractivity contribution in [2.45, 2.75) is 52.2 Å². The summed E-state index contributed by atoms with van der Waals surface area (Å²) in [5.41, 5.74) is 1.57. The molecule has 28 heavy (non-hydrogen) atoms. The maximum absolute atomic E-state index is 13.2. The summed E-state index contributed by atoms with van der Waals surface area (Å²) in [5.74, 6) is -0.732. The van der Waals surface area contributed by atoms with Gasteiger partial charge in [0, 0.05) is 17.6 Å². The summed E-state index contributed by atoms with van der Waals surface area (Å²) < 4.78 is 13.2. The number of hydrogen-bond acceptors (Lipinski definition) is 2. The van der Waals surface area contributed by atoms with Crippen LogP contribution in [0.4, 0.5) is 4.39 Å². The molecule has 0 unspecified atom stereocenters. The van der Waals surface area contributed by atoms with E-state index in [1.54, 1.807) is 43.3 Å². The Labute approximate surface area is 170 Å². The fourth-order valence-corrected chi connectivity index (χ4v) is 2.84. The van der Waals surface area contributed by atoms with E-state index in [2.05, 4.69) is 5.32 Å². The molecule has 2 atom stereocenters. The Balaban J connectivity index is 2.20. The molecule has 2 aromatic rings. The van der Waals surface area contributed by atoms with E-state index in [9.17, 15) is 14.0 Å². The van der Waals surface area contributed by atoms with Crippen molar-refractivity contribution < 1.29 is 14.0 Å². The highest BCUT2D eigenvalue weighted by molar-refractivity contribution is 6.30. The van der Waals surface area contributed by atoms with Crippen molar-refractivity contribution in [2.24, 2.45) is 0 Å². The third-order valence-electron chi connectivity index (χ3n) is 4.70. The summed E-state index contributed by atoms with van der Waals surface area (Å²) in [6, 6.07) is 12.4. The molecule has 0 fully saturated rings. The molecule has 0 bridgehead atoms. The lowest BCUT2D eigenvalue weighted by Crippen LogP contribution is -2.49. The minimum Gasteiger partial charge on any atom is -0.352 e. The molecule has 2 aromatic carbocycles. The maximum atomic E-state index is 13.2. The van der Waals surface area contributed by atoms with Crippen LogP contribution in [-0.4, -0.2) is 28.8 Å². The van der Waals surface area contributed by atoms with E-state index >= 15 is 0 Å². The van der Waals surface area contributed by atoms with Gasteiger partial charge in [-0.3, -0.25) is 9.59 Å². The standard InChI is InChI=1S/C22H26ClFN2O2/c1-4-15(2)25-22(28)16(3)26(14-18-7-11-20(24)12-8-18)21(27)13-17-5-9-19(23)10-6-17/h5-12,15-16H,4,13-14H2,1-3H3,(H,25,28)/t15-,16-/m1/s1. The normalized spacial score (nSPS) is 12.9. The Morgan fingerprint density at radius 2 is 1.61 bits per heavy atom. The van der Waals surface area contributed by atoms with Gasteiger partial charge in [0.2, 0.25) is 11.8 Å². The SMILES string of the molecule is CC[C@@H](C)NC(=O)[C@@H](C)N(Cc1ccc(F)cc1)C(=O)Cc1ccc(Cl)cc1. The molecule has 2 rings (SSSR count). The number of hydrogen-bond donors (Lipinski definition) is 1. The summed E-state index contributed by atoms with van der Waals surface area (Å²) in [5, 5.41) is 3.52. The van der Waals surface area contributed by atoms with E-state index in [-0.39, 0.29) is 36.6 Å². The Morgan fingerprint density at radius 3 is 2.18 bits per heavy atom. The summed E-state index contributed by atoms with van der Waals surface area (Å²) in [6.07, 6.45) is 0.953. The van der Waals surface area contributed by atoms with Crippen molar-refractivity contribution in [3.8, 4) is 0 Å². The van der Waals surface area contributed by atoms with Crippen LogP contribution in [0.3, 0.4) is 0 Å². The number of nitrogens with one attached hydrogen (secondary N) is 1. The van der Waals surface area contributed by atoms with Crippen LogP contribution in [0, 0.1) is 5.82 Å². The van der Waals surface area contributed by atoms with Gasteiger partial charge in [-0.2, -0.15) is 0 Å². The van der Waals surface area contributed by atoms with Crippen molar-refractivity contribution in [1.29, 1.82) is 0 Å². The van der Waals surface area contributed by atoms with Gasteiger partial charge in [0.1, 0.15) is 11.9 Å². The molecule has 0 aliphatic heterocycles. The second kappa shape index (κ2) is 10.2. The lowest BCUT2D eigenvalue weighted by atomic mass is 10.1. The van der Waals surface area contributed by atoms with Crippen LogP contribution in [0.1, 0.15) is 38.3 Å². The number of rotatable bonds is 8. The van der Waals surface area contributed by atoms with E-state index in [1.807, 2.05) is 13.8 Å². The van der Waals surface area contributed by atoms with Gasteiger partial charge in [-0.25, -0.2) is 4.39 Å². The van der Waals surface area contributed by atoms with Crippen LogP contribution in [-0.2, 0) is 22.6 Å². The number of carbonyl (C=O) groups is 2. The number of amides is 2. The lowest BCUT2D eigenvalue weighted by Gasteiger charge is -2.30. The van der Waals surface area contributed by atoms with Gasteiger partial charge in [-0.15, -0.1) is 0 Å². The molecule has 0 aliphatic carbocycles. The fraction of sp³-hybridized carbons (Fsp3) is 0.364. The number of halogens is 2. The fourth-order valence-electron chi connectivity index (χ4n) is 2.71. The topological polar surface area (TPSA) is 49.4 Å². The molecular formula is C22H26ClFN2O2. The predicted octanol–water partition coefficient (Wildman–Crippen LogP) is 4.35. The summed E-state index contributed by atoms with van der Waals surface area (Å²) >= 11 is 5.91. The van der Waals surface area contributed by atoms with E-state index in [0.29, 0.717) is 5.02 Å². The summed E-state index contributed by atoms with van der Waals surface area (Å²) in [7, 11) is 0. The first-order valence-corrected chi connectivity index (χ1v) is 9.76. The van der Waals surface area contributed by atoms with Gasteiger partial charge >= 0.3 is 0 Å². The summed E-state index contributed by atoms with van der Waals surface area (Å²) in [6.45, 7) is 5.84. The first kappa shape index (κ1) is 21.9. The molecular weight excluding hydrogens is 379 g/mol. The van der Waals surface area contributed by atoms with Crippen LogP contribution in [0.25, 0.3) is 0 Å². The van der Waals surface area contributed by atoms with Crippen LogP contribution in [0.2, 0.25) is 5.02 Å². The summed E-state index contributed by atoms with van der Waals surface area (Å²) in [4.78, 5) is 27.2. The zero-order valence-corrected chi connectivity index (χ0v) is 17.2. The van der Waals surface area contributed by atoms with Crippen molar-refractivity contribution in [1.82, 2.24) is 10.2 Å². The van der Waals surface area contributed by atoms with Crippen LogP contribution in [0.5, 0.6) is 0 Å². The van der Waals surface area contributed by atoms with Crippen molar-refractivity contribution >= 4 is 23.4 Å². The van der Waals surface area contributed by atoms with Crippen molar-refractivity contribution in [3.05, 3.63) is 70.5 Å². The van der Waals surface area contributed by atoms with Crippen molar-refractivity contribution in [2.75, 3.05) is 0 Å². The molecule has 0 heterocycles. The zero-order chi connectivity index (χ0) is 20.7. The first-order valence-electron chi connectivity index (χ1n) is 9.39. The van der Waals surface area contributed by atoms with Crippen LogP contribution >= 0.6 is 11.6 Å². The molecule has 6 heteroatoms. The highest BCUT2D eigenvalue weighted by atomic mass is 35.5. The highest BCUT2D eigenvalue weighted by Gasteiger charge is 2.26. The molecule has 0 aliphatic rings. The first-order chi connectivity index (χ1) is 13.3. The minimum atomic E-state index is -0.654. The van der Waals surface area contributed by atoms with Crippen LogP contribution in [0.15, 0.2) is 48.5 Å². The van der Waals surface area contributed by atoms with E-state index < -0.39 is 6.04 Å². The van der Waals surface area contributed by atoms with Gasteiger partial charge in [-0.05, 0) is 55.7 Å². The molecule has 0 radical (unpaired) electrons. The number of carbonyl (C=O) groups excluding carboxylic acids is 2. The Morgan fingerprint density at radius 1 is 1.04 bits per heavy atom. The van der Waals surface area contributed by atoms with Crippen LogP contribution < -0.4 is 5.32 Å². The average Bonchev–Trinajstić information content (AvgIpc) is 2.68. The Hall–Kier alpha value is -2.40. The molecule has 0 aromatic heterocycles. The monoisotopic (exact) mass is 404 g/mol. The van der Waals surface area contributed by atoms with E-state index in [4.69, 9.17) is 11.6 Å². The van der Waals surface area contributed by atoms with Gasteiger partial charge < -0.3 is 10.2 Å². The molecule has 0 saturated carbocycles. The second-order valence-corrected chi connectivity index (χ2v) is 7.38. The molecule has 1 N–H and O–H groups in total. The van der Waals surface area contributed by atoms with Gasteiger partial charge in [0.15, 0.2) is 0 Å². The van der Waals surface area contributed by atoms with Gasteiger partial charge in [0.25, 0.3) is 0 Å². The maximum Gasteiger partial charge on any atom is 0.242 e. The molecule has 0 saturated heterocycles. The molecule has 0 spiro atoms. The third kappa shape index (κ3) is 6.34. The minimum absolute atomic E-state index is 0.0222. The molecule has 4 nitrogen and oxygen atoms in total. The third-order valence-corrected chi connectivity index (χ3v) is 4.96. The highest BCUT2D eigenvalue weighted by Crippen LogP contribution is 2.15.